The molecular formula is C16H31ClN4O2. The molecule has 23 heavy (non-hydrogen) atoms. The molecule has 6 nitrogen and oxygen atoms in total. The normalized spacial score (nSPS) is 21.8. The van der Waals surface area contributed by atoms with E-state index in [1.807, 2.05) is 18.7 Å². The zero-order valence-electron chi connectivity index (χ0n) is 14.4. The Morgan fingerprint density at radius 2 is 1.74 bits per heavy atom. The number of hydrogen-bond acceptors (Lipinski definition) is 4. The van der Waals surface area contributed by atoms with Crippen LogP contribution in [-0.4, -0.2) is 84.9 Å². The van der Waals surface area contributed by atoms with Crippen LogP contribution in [0.25, 0.3) is 0 Å². The number of carbonyl (C=O) groups is 2. The minimum absolute atomic E-state index is 0. The highest BCUT2D eigenvalue weighted by atomic mass is 35.5. The molecule has 134 valence electrons. The van der Waals surface area contributed by atoms with E-state index in [9.17, 15) is 9.59 Å². The molecule has 2 heterocycles. The van der Waals surface area contributed by atoms with Crippen molar-refractivity contribution in [3.8, 4) is 0 Å². The van der Waals surface area contributed by atoms with Crippen LogP contribution < -0.4 is 5.32 Å². The van der Waals surface area contributed by atoms with Gasteiger partial charge in [-0.15, -0.1) is 12.4 Å². The second-order valence-corrected chi connectivity index (χ2v) is 6.13. The summed E-state index contributed by atoms with van der Waals surface area (Å²) in [5.41, 5.74) is 0. The van der Waals surface area contributed by atoms with Gasteiger partial charge < -0.3 is 15.1 Å². The lowest BCUT2D eigenvalue weighted by Gasteiger charge is -2.32. The van der Waals surface area contributed by atoms with Crippen LogP contribution in [0.5, 0.6) is 0 Å². The van der Waals surface area contributed by atoms with Gasteiger partial charge in [0.1, 0.15) is 0 Å². The molecule has 0 saturated carbocycles. The van der Waals surface area contributed by atoms with Crippen molar-refractivity contribution >= 4 is 24.2 Å². The van der Waals surface area contributed by atoms with Crippen molar-refractivity contribution in [2.24, 2.45) is 0 Å². The monoisotopic (exact) mass is 346 g/mol. The molecule has 2 fully saturated rings. The predicted molar refractivity (Wildman–Crippen MR) is 93.8 cm³/mol. The molecule has 0 bridgehead atoms. The Bertz CT molecular complexity index is 384. The number of piperazine rings is 1. The van der Waals surface area contributed by atoms with Gasteiger partial charge >= 0.3 is 0 Å². The summed E-state index contributed by atoms with van der Waals surface area (Å²) in [4.78, 5) is 30.5. The number of likely N-dealkylation sites (tertiary alicyclic amines) is 1. The molecule has 2 rings (SSSR count). The van der Waals surface area contributed by atoms with Gasteiger partial charge in [-0.05, 0) is 20.3 Å². The summed E-state index contributed by atoms with van der Waals surface area (Å²) < 4.78 is 0. The van der Waals surface area contributed by atoms with Crippen LogP contribution in [0.1, 0.15) is 33.1 Å². The molecule has 1 unspecified atom stereocenters. The highest BCUT2D eigenvalue weighted by molar-refractivity contribution is 5.85. The number of hydrogen-bond donors (Lipinski definition) is 1. The first-order valence-electron chi connectivity index (χ1n) is 8.66. The van der Waals surface area contributed by atoms with Crippen molar-refractivity contribution in [1.29, 1.82) is 0 Å². The van der Waals surface area contributed by atoms with Crippen molar-refractivity contribution in [1.82, 2.24) is 20.0 Å². The second-order valence-electron chi connectivity index (χ2n) is 6.13. The van der Waals surface area contributed by atoms with Gasteiger partial charge in [-0.25, -0.2) is 0 Å². The van der Waals surface area contributed by atoms with Crippen LogP contribution in [-0.2, 0) is 9.59 Å². The maximum atomic E-state index is 12.3. The number of halogens is 1. The Balaban J connectivity index is 0.00000264. The fourth-order valence-electron chi connectivity index (χ4n) is 3.42. The summed E-state index contributed by atoms with van der Waals surface area (Å²) in [6.45, 7) is 11.3. The van der Waals surface area contributed by atoms with E-state index in [1.54, 1.807) is 4.90 Å². The van der Waals surface area contributed by atoms with Gasteiger partial charge in [0.15, 0.2) is 0 Å². The molecule has 0 aromatic rings. The summed E-state index contributed by atoms with van der Waals surface area (Å²) in [5, 5.41) is 3.36. The van der Waals surface area contributed by atoms with E-state index in [4.69, 9.17) is 0 Å². The zero-order valence-corrected chi connectivity index (χ0v) is 15.2. The Morgan fingerprint density at radius 1 is 1.09 bits per heavy atom. The molecule has 2 saturated heterocycles. The van der Waals surface area contributed by atoms with Crippen LogP contribution in [0, 0.1) is 0 Å². The van der Waals surface area contributed by atoms with Gasteiger partial charge in [0.25, 0.3) is 0 Å². The fourth-order valence-corrected chi connectivity index (χ4v) is 3.42. The second kappa shape index (κ2) is 10.1. The van der Waals surface area contributed by atoms with E-state index in [0.29, 0.717) is 18.9 Å². The third-order valence-electron chi connectivity index (χ3n) is 4.85. The molecule has 2 aliphatic heterocycles. The van der Waals surface area contributed by atoms with Gasteiger partial charge in [0.2, 0.25) is 11.8 Å². The smallest absolute Gasteiger partial charge is 0.223 e. The Kier molecular flexibility index (Phi) is 8.87. The number of carbonyl (C=O) groups excluding carboxylic acids is 2. The molecule has 0 radical (unpaired) electrons. The highest BCUT2D eigenvalue weighted by Gasteiger charge is 2.30. The molecule has 0 aromatic heterocycles. The van der Waals surface area contributed by atoms with Gasteiger partial charge in [-0.2, -0.15) is 0 Å². The maximum Gasteiger partial charge on any atom is 0.223 e. The van der Waals surface area contributed by atoms with E-state index >= 15 is 0 Å². The van der Waals surface area contributed by atoms with E-state index in [2.05, 4.69) is 10.2 Å². The molecule has 1 atom stereocenters. The van der Waals surface area contributed by atoms with Crippen LogP contribution >= 0.6 is 12.4 Å². The minimum Gasteiger partial charge on any atom is -0.343 e. The SMILES string of the molecule is CCN(CC)C(=O)CCC(=O)N1CCC(N2CCNCC2)C1.Cl. The third kappa shape index (κ3) is 5.62. The van der Waals surface area contributed by atoms with Crippen LogP contribution in [0.2, 0.25) is 0 Å². The zero-order chi connectivity index (χ0) is 15.9. The van der Waals surface area contributed by atoms with Crippen LogP contribution in [0.15, 0.2) is 0 Å². The maximum absolute atomic E-state index is 12.3. The summed E-state index contributed by atoms with van der Waals surface area (Å²) >= 11 is 0. The van der Waals surface area contributed by atoms with Gasteiger partial charge in [-0.3, -0.25) is 14.5 Å². The molecule has 0 aromatic carbocycles. The Hall–Kier alpha value is -0.850. The van der Waals surface area contributed by atoms with Crippen molar-refractivity contribution in [2.45, 2.75) is 39.2 Å². The molecule has 0 aliphatic carbocycles. The van der Waals surface area contributed by atoms with E-state index < -0.39 is 0 Å². The van der Waals surface area contributed by atoms with E-state index in [0.717, 1.165) is 58.8 Å². The lowest BCUT2D eigenvalue weighted by Crippen LogP contribution is -2.49. The van der Waals surface area contributed by atoms with Crippen molar-refractivity contribution in [3.05, 3.63) is 0 Å². The standard InChI is InChI=1S/C16H30N4O2.ClH/c1-3-18(4-2)15(21)5-6-16(22)20-10-7-14(13-20)19-11-8-17-9-12-19;/h14,17H,3-13H2,1-2H3;1H. The summed E-state index contributed by atoms with van der Waals surface area (Å²) in [5.74, 6) is 0.231. The lowest BCUT2D eigenvalue weighted by atomic mass is 10.2. The summed E-state index contributed by atoms with van der Waals surface area (Å²) in [7, 11) is 0. The highest BCUT2D eigenvalue weighted by Crippen LogP contribution is 2.17. The predicted octanol–water partition coefficient (Wildman–Crippen LogP) is 0.563. The Labute approximate surface area is 146 Å². The molecular weight excluding hydrogens is 316 g/mol. The van der Waals surface area contributed by atoms with Crippen molar-refractivity contribution < 1.29 is 9.59 Å². The van der Waals surface area contributed by atoms with Gasteiger partial charge in [0, 0.05) is 71.2 Å². The molecule has 2 aliphatic rings. The van der Waals surface area contributed by atoms with Crippen LogP contribution in [0.4, 0.5) is 0 Å². The minimum atomic E-state index is 0. The first-order valence-corrected chi connectivity index (χ1v) is 8.66. The van der Waals surface area contributed by atoms with Gasteiger partial charge in [0.05, 0.1) is 0 Å². The molecule has 1 N–H and O–H groups in total. The summed E-state index contributed by atoms with van der Waals surface area (Å²) in [6, 6.07) is 0.504. The van der Waals surface area contributed by atoms with Gasteiger partial charge in [-0.1, -0.05) is 0 Å². The molecule has 7 heteroatoms. The molecule has 0 spiro atoms. The van der Waals surface area contributed by atoms with E-state index in [-0.39, 0.29) is 24.2 Å². The quantitative estimate of drug-likeness (QED) is 0.763. The number of rotatable bonds is 6. The number of nitrogens with zero attached hydrogens (tertiary/aromatic N) is 3. The van der Waals surface area contributed by atoms with Crippen molar-refractivity contribution in [3.63, 3.8) is 0 Å². The van der Waals surface area contributed by atoms with Crippen LogP contribution in [0.3, 0.4) is 0 Å². The lowest BCUT2D eigenvalue weighted by molar-refractivity contribution is -0.136. The number of nitrogens with one attached hydrogen (secondary N) is 1. The first kappa shape index (κ1) is 20.2. The first-order chi connectivity index (χ1) is 10.7. The van der Waals surface area contributed by atoms with E-state index in [1.165, 1.54) is 0 Å². The largest absolute Gasteiger partial charge is 0.343 e. The fraction of sp³-hybridized carbons (Fsp3) is 0.875. The average molecular weight is 347 g/mol. The molecule has 2 amide bonds. The topological polar surface area (TPSA) is 55.9 Å². The Morgan fingerprint density at radius 3 is 2.35 bits per heavy atom. The third-order valence-corrected chi connectivity index (χ3v) is 4.85. The number of amides is 2. The summed E-state index contributed by atoms with van der Waals surface area (Å²) in [6.07, 6.45) is 1.76. The van der Waals surface area contributed by atoms with Crippen molar-refractivity contribution in [2.75, 3.05) is 52.4 Å². The average Bonchev–Trinajstić information content (AvgIpc) is 3.04.